The molecule has 0 spiro atoms. The van der Waals surface area contributed by atoms with Crippen LogP contribution in [-0.2, 0) is 5.75 Å². The van der Waals surface area contributed by atoms with Crippen molar-refractivity contribution in [2.45, 2.75) is 10.9 Å². The number of nitrogens with zero attached hydrogens (tertiary/aromatic N) is 2. The monoisotopic (exact) mass is 399 g/mol. The highest BCUT2D eigenvalue weighted by atomic mass is 32.2. The Bertz CT molecular complexity index is 931. The van der Waals surface area contributed by atoms with Crippen molar-refractivity contribution in [3.05, 3.63) is 59.7 Å². The third-order valence-electron chi connectivity index (χ3n) is 3.88. The minimum absolute atomic E-state index is 0.0411. The number of ether oxygens (including phenoxy) is 2. The molecule has 0 saturated carbocycles. The molecule has 2 heterocycles. The van der Waals surface area contributed by atoms with E-state index in [0.717, 1.165) is 5.75 Å². The van der Waals surface area contributed by atoms with E-state index in [4.69, 9.17) is 9.47 Å². The maximum Gasteiger partial charge on any atom is 0.203 e. The van der Waals surface area contributed by atoms with E-state index < -0.39 is 0 Å². The Morgan fingerprint density at radius 3 is 2.78 bits per heavy atom. The minimum Gasteiger partial charge on any atom is -0.486 e. The zero-order valence-electron chi connectivity index (χ0n) is 14.4. The van der Waals surface area contributed by atoms with E-state index in [0.29, 0.717) is 40.6 Å². The summed E-state index contributed by atoms with van der Waals surface area (Å²) in [4.78, 5) is 16.8. The zero-order valence-corrected chi connectivity index (χ0v) is 16.0. The predicted octanol–water partition coefficient (Wildman–Crippen LogP) is 3.90. The number of carbonyl (C=O) groups excluding carboxylic acids is 1. The van der Waals surface area contributed by atoms with Crippen LogP contribution in [0.5, 0.6) is 11.5 Å². The number of Topliss-reactive ketones (excluding diaryl/α,β-unsaturated/α-hetero) is 1. The molecule has 138 valence electrons. The summed E-state index contributed by atoms with van der Waals surface area (Å²) in [5.74, 6) is 2.06. The average molecular weight is 399 g/mol. The van der Waals surface area contributed by atoms with Gasteiger partial charge < -0.3 is 14.8 Å². The lowest BCUT2D eigenvalue weighted by atomic mass is 10.1. The lowest BCUT2D eigenvalue weighted by molar-refractivity contribution is 0.100. The van der Waals surface area contributed by atoms with Crippen LogP contribution in [0.4, 0.5) is 5.13 Å². The number of hydrogen-bond acceptors (Lipinski definition) is 8. The van der Waals surface area contributed by atoms with Gasteiger partial charge in [0.15, 0.2) is 17.3 Å². The summed E-state index contributed by atoms with van der Waals surface area (Å²) < 4.78 is 15.3. The molecule has 1 N–H and O–H groups in total. The van der Waals surface area contributed by atoms with Gasteiger partial charge in [0.1, 0.15) is 13.2 Å². The van der Waals surface area contributed by atoms with Crippen LogP contribution < -0.4 is 14.8 Å². The number of thioether (sulfide) groups is 1. The number of aromatic nitrogens is 2. The van der Waals surface area contributed by atoms with Crippen LogP contribution in [0.3, 0.4) is 0 Å². The van der Waals surface area contributed by atoms with Crippen LogP contribution in [0.15, 0.2) is 53.7 Å². The summed E-state index contributed by atoms with van der Waals surface area (Å²) in [6.45, 7) is 1.18. The fraction of sp³-hybridized carbons (Fsp3) is 0.211. The molecule has 27 heavy (non-hydrogen) atoms. The fourth-order valence-corrected chi connectivity index (χ4v) is 4.03. The molecule has 0 bridgehead atoms. The number of anilines is 1. The molecular weight excluding hydrogens is 382 g/mol. The van der Waals surface area contributed by atoms with E-state index in [1.54, 1.807) is 30.0 Å². The van der Waals surface area contributed by atoms with Gasteiger partial charge in [0.2, 0.25) is 10.3 Å². The normalized spacial score (nSPS) is 12.6. The molecule has 0 amide bonds. The Balaban J connectivity index is 1.31. The molecular formula is C19H17N3O3S2. The lowest BCUT2D eigenvalue weighted by Gasteiger charge is -2.18. The number of rotatable bonds is 7. The standard InChI is InChI=1S/C19H17N3O3S2/c23-15(14-6-7-16-17(10-14)25-9-8-24-16)11-20-18-21-19(22-27-18)26-12-13-4-2-1-3-5-13/h1-7,10H,8-9,11-12H2,(H,20,21,22). The van der Waals surface area contributed by atoms with E-state index in [1.807, 2.05) is 18.2 Å². The summed E-state index contributed by atoms with van der Waals surface area (Å²) in [5.41, 5.74) is 1.80. The first kappa shape index (κ1) is 17.8. The highest BCUT2D eigenvalue weighted by Gasteiger charge is 2.15. The van der Waals surface area contributed by atoms with Gasteiger partial charge in [-0.1, -0.05) is 42.1 Å². The predicted molar refractivity (Wildman–Crippen MR) is 106 cm³/mol. The van der Waals surface area contributed by atoms with Gasteiger partial charge in [0, 0.05) is 22.8 Å². The molecule has 3 aromatic rings. The van der Waals surface area contributed by atoms with Gasteiger partial charge in [-0.15, -0.1) is 0 Å². The molecule has 1 aromatic heterocycles. The van der Waals surface area contributed by atoms with Crippen LogP contribution in [0.25, 0.3) is 0 Å². The van der Waals surface area contributed by atoms with E-state index >= 15 is 0 Å². The lowest BCUT2D eigenvalue weighted by Crippen LogP contribution is -2.17. The van der Waals surface area contributed by atoms with Crippen molar-refractivity contribution in [2.24, 2.45) is 0 Å². The Labute approximate surface area is 165 Å². The van der Waals surface area contributed by atoms with Crippen molar-refractivity contribution in [1.29, 1.82) is 0 Å². The molecule has 1 aliphatic heterocycles. The molecule has 1 aliphatic rings. The summed E-state index contributed by atoms with van der Waals surface area (Å²) in [5, 5.41) is 4.39. The summed E-state index contributed by atoms with van der Waals surface area (Å²) in [6, 6.07) is 15.4. The molecule has 0 atom stereocenters. The van der Waals surface area contributed by atoms with E-state index in [1.165, 1.54) is 17.1 Å². The van der Waals surface area contributed by atoms with Gasteiger partial charge in [0.25, 0.3) is 0 Å². The van der Waals surface area contributed by atoms with Crippen LogP contribution in [0.1, 0.15) is 15.9 Å². The van der Waals surface area contributed by atoms with Crippen LogP contribution >= 0.6 is 23.3 Å². The number of benzene rings is 2. The van der Waals surface area contributed by atoms with Gasteiger partial charge in [-0.25, -0.2) is 0 Å². The van der Waals surface area contributed by atoms with E-state index in [9.17, 15) is 4.79 Å². The smallest absolute Gasteiger partial charge is 0.203 e. The number of carbonyl (C=O) groups is 1. The Morgan fingerprint density at radius 2 is 1.93 bits per heavy atom. The van der Waals surface area contributed by atoms with Crippen LogP contribution in [-0.4, -0.2) is 34.9 Å². The second-order valence-corrected chi connectivity index (χ2v) is 7.49. The van der Waals surface area contributed by atoms with E-state index in [2.05, 4.69) is 26.8 Å². The molecule has 0 fully saturated rings. The Morgan fingerprint density at radius 1 is 1.11 bits per heavy atom. The molecule has 0 unspecified atom stereocenters. The second-order valence-electron chi connectivity index (χ2n) is 5.79. The summed E-state index contributed by atoms with van der Waals surface area (Å²) in [7, 11) is 0. The van der Waals surface area contributed by atoms with Gasteiger partial charge >= 0.3 is 0 Å². The SMILES string of the molecule is O=C(CNc1nc(SCc2ccccc2)ns1)c1ccc2c(c1)OCCO2. The third-order valence-corrected chi connectivity index (χ3v) is 5.59. The first-order valence-electron chi connectivity index (χ1n) is 8.45. The largest absolute Gasteiger partial charge is 0.486 e. The van der Waals surface area contributed by atoms with Crippen LogP contribution in [0, 0.1) is 0 Å². The van der Waals surface area contributed by atoms with E-state index in [-0.39, 0.29) is 12.3 Å². The van der Waals surface area contributed by atoms with Crippen LogP contribution in [0.2, 0.25) is 0 Å². The average Bonchev–Trinajstić information content (AvgIpc) is 3.19. The molecule has 8 heteroatoms. The summed E-state index contributed by atoms with van der Waals surface area (Å²) >= 11 is 2.83. The number of hydrogen-bond donors (Lipinski definition) is 1. The quantitative estimate of drug-likeness (QED) is 0.477. The molecule has 6 nitrogen and oxygen atoms in total. The maximum absolute atomic E-state index is 12.4. The van der Waals surface area contributed by atoms with Crippen molar-refractivity contribution < 1.29 is 14.3 Å². The molecule has 2 aromatic carbocycles. The molecule has 0 saturated heterocycles. The summed E-state index contributed by atoms with van der Waals surface area (Å²) in [6.07, 6.45) is 0. The number of nitrogens with one attached hydrogen (secondary N) is 1. The second kappa shape index (κ2) is 8.41. The molecule has 0 radical (unpaired) electrons. The third kappa shape index (κ3) is 4.58. The van der Waals surface area contributed by atoms with Gasteiger partial charge in [0.05, 0.1) is 6.54 Å². The topological polar surface area (TPSA) is 73.3 Å². The van der Waals surface area contributed by atoms with Gasteiger partial charge in [-0.3, -0.25) is 4.79 Å². The van der Waals surface area contributed by atoms with Crippen molar-refractivity contribution in [2.75, 3.05) is 25.1 Å². The first-order valence-corrected chi connectivity index (χ1v) is 10.2. The minimum atomic E-state index is -0.0411. The number of ketones is 1. The molecule has 4 rings (SSSR count). The maximum atomic E-state index is 12.4. The Hall–Kier alpha value is -2.58. The Kier molecular flexibility index (Phi) is 5.55. The van der Waals surface area contributed by atoms with Gasteiger partial charge in [-0.05, 0) is 23.8 Å². The fourth-order valence-electron chi connectivity index (χ4n) is 2.54. The zero-order chi connectivity index (χ0) is 18.5. The highest BCUT2D eigenvalue weighted by Crippen LogP contribution is 2.31. The number of fused-ring (bicyclic) bond motifs is 1. The van der Waals surface area contributed by atoms with Crippen molar-refractivity contribution in [3.8, 4) is 11.5 Å². The van der Waals surface area contributed by atoms with Gasteiger partial charge in [-0.2, -0.15) is 9.36 Å². The molecule has 0 aliphatic carbocycles. The highest BCUT2D eigenvalue weighted by molar-refractivity contribution is 7.98. The van der Waals surface area contributed by atoms with Crippen molar-refractivity contribution in [1.82, 2.24) is 9.36 Å². The van der Waals surface area contributed by atoms with Crippen molar-refractivity contribution >= 4 is 34.2 Å². The first-order chi connectivity index (χ1) is 13.3. The van der Waals surface area contributed by atoms with Crippen molar-refractivity contribution in [3.63, 3.8) is 0 Å².